The lowest BCUT2D eigenvalue weighted by Crippen LogP contribution is -2.17. The van der Waals surface area contributed by atoms with Crippen molar-refractivity contribution in [3.63, 3.8) is 0 Å². The highest BCUT2D eigenvalue weighted by Crippen LogP contribution is 2.42. The van der Waals surface area contributed by atoms with Crippen molar-refractivity contribution in [3.05, 3.63) is 57.6 Å². The fourth-order valence-corrected chi connectivity index (χ4v) is 2.09. The van der Waals surface area contributed by atoms with Crippen molar-refractivity contribution >= 4 is 17.3 Å². The van der Waals surface area contributed by atoms with Crippen molar-refractivity contribution < 1.29 is 22.8 Å². The van der Waals surface area contributed by atoms with Gasteiger partial charge in [0.2, 0.25) is 0 Å². The lowest BCUT2D eigenvalue weighted by molar-refractivity contribution is -0.384. The zero-order chi connectivity index (χ0) is 15.6. The van der Waals surface area contributed by atoms with Crippen LogP contribution in [0.3, 0.4) is 0 Å². The number of nitro groups is 1. The number of para-hydroxylation sites is 1. The van der Waals surface area contributed by atoms with Gasteiger partial charge in [0.05, 0.1) is 15.5 Å². The summed E-state index contributed by atoms with van der Waals surface area (Å²) in [4.78, 5) is 10.3. The molecule has 21 heavy (non-hydrogen) atoms. The van der Waals surface area contributed by atoms with E-state index >= 15 is 0 Å². The molecule has 0 radical (unpaired) electrons. The van der Waals surface area contributed by atoms with Gasteiger partial charge in [-0.05, 0) is 12.1 Å². The minimum Gasteiger partial charge on any atom is -0.405 e. The summed E-state index contributed by atoms with van der Waals surface area (Å²) in [5.74, 6) is -0.554. The Morgan fingerprint density at radius 2 is 1.76 bits per heavy atom. The predicted octanol–water partition coefficient (Wildman–Crippen LogP) is 4.81. The third-order valence-electron chi connectivity index (χ3n) is 2.57. The number of hydrogen-bond acceptors (Lipinski definition) is 3. The summed E-state index contributed by atoms with van der Waals surface area (Å²) in [6.45, 7) is 0. The Labute approximate surface area is 121 Å². The van der Waals surface area contributed by atoms with E-state index < -0.39 is 22.7 Å². The first-order valence-corrected chi connectivity index (χ1v) is 5.95. The number of nitro benzene ring substituents is 1. The highest BCUT2D eigenvalue weighted by Gasteiger charge is 2.33. The third-order valence-corrected chi connectivity index (χ3v) is 2.89. The number of nitrogens with zero attached hydrogens (tertiary/aromatic N) is 1. The summed E-state index contributed by atoms with van der Waals surface area (Å²) in [7, 11) is 0. The second kappa shape index (κ2) is 5.61. The van der Waals surface area contributed by atoms with Crippen LogP contribution >= 0.6 is 11.6 Å². The summed E-state index contributed by atoms with van der Waals surface area (Å²) >= 11 is 5.91. The molecule has 0 amide bonds. The largest absolute Gasteiger partial charge is 0.573 e. The zero-order valence-electron chi connectivity index (χ0n) is 10.2. The van der Waals surface area contributed by atoms with E-state index in [0.29, 0.717) is 0 Å². The molecule has 4 nitrogen and oxygen atoms in total. The first-order valence-electron chi connectivity index (χ1n) is 5.57. The Morgan fingerprint density at radius 1 is 1.10 bits per heavy atom. The summed E-state index contributed by atoms with van der Waals surface area (Å²) in [5.41, 5.74) is -0.628. The smallest absolute Gasteiger partial charge is 0.405 e. The summed E-state index contributed by atoms with van der Waals surface area (Å²) in [6, 6.07) is 8.96. The van der Waals surface area contributed by atoms with E-state index in [1.807, 2.05) is 0 Å². The van der Waals surface area contributed by atoms with Crippen molar-refractivity contribution in [2.75, 3.05) is 0 Å². The molecule has 0 heterocycles. The Kier molecular flexibility index (Phi) is 4.04. The zero-order valence-corrected chi connectivity index (χ0v) is 11.0. The Hall–Kier alpha value is -2.28. The van der Waals surface area contributed by atoms with Crippen LogP contribution in [0.2, 0.25) is 5.02 Å². The molecule has 110 valence electrons. The molecule has 0 unspecified atom stereocenters. The minimum absolute atomic E-state index is 0.0394. The van der Waals surface area contributed by atoms with E-state index in [1.54, 1.807) is 0 Å². The van der Waals surface area contributed by atoms with Crippen LogP contribution in [0.5, 0.6) is 5.75 Å². The van der Waals surface area contributed by atoms with Crippen molar-refractivity contribution in [1.29, 1.82) is 0 Å². The number of hydrogen-bond donors (Lipinski definition) is 0. The normalized spacial score (nSPS) is 11.2. The van der Waals surface area contributed by atoms with E-state index in [0.717, 1.165) is 12.1 Å². The molecule has 0 aliphatic heterocycles. The van der Waals surface area contributed by atoms with Crippen LogP contribution in [0.15, 0.2) is 42.5 Å². The van der Waals surface area contributed by atoms with E-state index in [9.17, 15) is 23.3 Å². The van der Waals surface area contributed by atoms with Crippen LogP contribution in [0, 0.1) is 10.1 Å². The maximum absolute atomic E-state index is 12.4. The van der Waals surface area contributed by atoms with Gasteiger partial charge in [-0.15, -0.1) is 13.2 Å². The van der Waals surface area contributed by atoms with E-state index in [-0.39, 0.29) is 16.1 Å². The number of benzene rings is 2. The molecule has 0 N–H and O–H groups in total. The van der Waals surface area contributed by atoms with Crippen LogP contribution in [0.1, 0.15) is 0 Å². The third kappa shape index (κ3) is 3.43. The predicted molar refractivity (Wildman–Crippen MR) is 70.2 cm³/mol. The molecule has 2 aromatic rings. The number of ether oxygens (including phenoxy) is 1. The Balaban J connectivity index is 2.66. The maximum Gasteiger partial charge on any atom is 0.573 e. The van der Waals surface area contributed by atoms with Gasteiger partial charge in [0.25, 0.3) is 5.69 Å². The molecule has 0 aliphatic carbocycles. The molecule has 0 bridgehead atoms. The van der Waals surface area contributed by atoms with Gasteiger partial charge >= 0.3 is 6.36 Å². The average Bonchev–Trinajstić information content (AvgIpc) is 2.37. The van der Waals surface area contributed by atoms with Crippen molar-refractivity contribution in [2.24, 2.45) is 0 Å². The molecular weight excluding hydrogens is 311 g/mol. The molecule has 0 fully saturated rings. The van der Waals surface area contributed by atoms with Gasteiger partial charge in [-0.1, -0.05) is 35.9 Å². The van der Waals surface area contributed by atoms with Gasteiger partial charge in [-0.2, -0.15) is 0 Å². The summed E-state index contributed by atoms with van der Waals surface area (Å²) in [5, 5.41) is 11.0. The van der Waals surface area contributed by atoms with Crippen LogP contribution in [-0.4, -0.2) is 11.3 Å². The van der Waals surface area contributed by atoms with Gasteiger partial charge in [-0.25, -0.2) is 0 Å². The quantitative estimate of drug-likeness (QED) is 0.602. The molecule has 0 saturated heterocycles. The molecule has 0 aromatic heterocycles. The van der Waals surface area contributed by atoms with Crippen LogP contribution in [-0.2, 0) is 0 Å². The van der Waals surface area contributed by atoms with Crippen molar-refractivity contribution in [2.45, 2.75) is 6.36 Å². The Bertz CT molecular complexity index is 689. The van der Waals surface area contributed by atoms with Gasteiger partial charge < -0.3 is 4.74 Å². The van der Waals surface area contributed by atoms with Crippen LogP contribution in [0.25, 0.3) is 11.1 Å². The molecule has 0 saturated carbocycles. The minimum atomic E-state index is -4.91. The lowest BCUT2D eigenvalue weighted by Gasteiger charge is -2.14. The van der Waals surface area contributed by atoms with Gasteiger partial charge in [0, 0.05) is 11.6 Å². The molecule has 8 heteroatoms. The van der Waals surface area contributed by atoms with E-state index in [4.69, 9.17) is 11.6 Å². The van der Waals surface area contributed by atoms with Gasteiger partial charge in [0.15, 0.2) is 0 Å². The Morgan fingerprint density at radius 3 is 2.38 bits per heavy atom. The average molecular weight is 318 g/mol. The van der Waals surface area contributed by atoms with Crippen LogP contribution in [0.4, 0.5) is 18.9 Å². The first kappa shape index (κ1) is 15.1. The molecule has 0 atom stereocenters. The molecule has 0 aliphatic rings. The standard InChI is InChI=1S/C13H7ClF3NO3/c14-9-5-3-6-10(18(19)20)12(9)8-4-1-2-7-11(8)21-13(15,16)17/h1-7H. The molecular formula is C13H7ClF3NO3. The number of halogens is 4. The highest BCUT2D eigenvalue weighted by atomic mass is 35.5. The highest BCUT2D eigenvalue weighted by molar-refractivity contribution is 6.34. The lowest BCUT2D eigenvalue weighted by atomic mass is 10.0. The summed E-state index contributed by atoms with van der Waals surface area (Å²) in [6.07, 6.45) is -4.91. The second-order valence-electron chi connectivity index (χ2n) is 3.94. The second-order valence-corrected chi connectivity index (χ2v) is 4.34. The fraction of sp³-hybridized carbons (Fsp3) is 0.0769. The number of rotatable bonds is 3. The summed E-state index contributed by atoms with van der Waals surface area (Å²) < 4.78 is 41.1. The molecule has 2 aromatic carbocycles. The fourth-order valence-electron chi connectivity index (χ4n) is 1.82. The van der Waals surface area contributed by atoms with Crippen LogP contribution < -0.4 is 4.74 Å². The van der Waals surface area contributed by atoms with E-state index in [1.165, 1.54) is 30.3 Å². The van der Waals surface area contributed by atoms with E-state index in [2.05, 4.69) is 4.74 Å². The van der Waals surface area contributed by atoms with Gasteiger partial charge in [0.1, 0.15) is 5.75 Å². The first-order chi connectivity index (χ1) is 9.79. The number of alkyl halides is 3. The monoisotopic (exact) mass is 317 g/mol. The van der Waals surface area contributed by atoms with Crippen molar-refractivity contribution in [1.82, 2.24) is 0 Å². The molecule has 0 spiro atoms. The SMILES string of the molecule is O=[N+]([O-])c1cccc(Cl)c1-c1ccccc1OC(F)(F)F. The van der Waals surface area contributed by atoms with Crippen molar-refractivity contribution in [3.8, 4) is 16.9 Å². The topological polar surface area (TPSA) is 52.4 Å². The molecule has 2 rings (SSSR count). The maximum atomic E-state index is 12.4. The van der Waals surface area contributed by atoms with Gasteiger partial charge in [-0.3, -0.25) is 10.1 Å².